The van der Waals surface area contributed by atoms with Crippen molar-refractivity contribution in [1.29, 1.82) is 5.41 Å². The van der Waals surface area contributed by atoms with Gasteiger partial charge >= 0.3 is 0 Å². The summed E-state index contributed by atoms with van der Waals surface area (Å²) < 4.78 is 0. The summed E-state index contributed by atoms with van der Waals surface area (Å²) in [7, 11) is 0. The quantitative estimate of drug-likeness (QED) is 0.330. The molecule has 76 valence electrons. The first-order valence-corrected chi connectivity index (χ1v) is 5.85. The Hall–Kier alpha value is -0.220. The minimum Gasteiger partial charge on any atom is -0.396 e. The van der Waals surface area contributed by atoms with Gasteiger partial charge in [-0.15, -0.1) is 0 Å². The molecule has 0 aromatic heterocycles. The molecule has 0 saturated heterocycles. The van der Waals surface area contributed by atoms with Crippen molar-refractivity contribution in [2.24, 2.45) is 11.1 Å². The van der Waals surface area contributed by atoms with E-state index in [0.29, 0.717) is 11.3 Å². The van der Waals surface area contributed by atoms with Gasteiger partial charge in [0.2, 0.25) is 0 Å². The van der Waals surface area contributed by atoms with Gasteiger partial charge in [0, 0.05) is 13.0 Å². The Morgan fingerprint density at radius 1 is 1.54 bits per heavy atom. The van der Waals surface area contributed by atoms with Crippen molar-refractivity contribution in [3.63, 3.8) is 0 Å². The Labute approximate surface area is 83.6 Å². The van der Waals surface area contributed by atoms with Crippen LogP contribution >= 0.6 is 11.8 Å². The van der Waals surface area contributed by atoms with Crippen LogP contribution in [-0.4, -0.2) is 29.1 Å². The number of nitrogens with one attached hydrogen (secondary N) is 1. The first-order valence-electron chi connectivity index (χ1n) is 4.70. The predicted octanol–water partition coefficient (Wildman–Crippen LogP) is 1.21. The summed E-state index contributed by atoms with van der Waals surface area (Å²) in [5.41, 5.74) is 5.74. The van der Waals surface area contributed by atoms with Crippen molar-refractivity contribution >= 4 is 17.6 Å². The molecule has 1 aliphatic carbocycles. The van der Waals surface area contributed by atoms with E-state index in [0.717, 1.165) is 24.3 Å². The summed E-state index contributed by atoms with van der Waals surface area (Å²) in [4.78, 5) is 0. The van der Waals surface area contributed by atoms with Gasteiger partial charge in [0.05, 0.1) is 5.84 Å². The van der Waals surface area contributed by atoms with Crippen molar-refractivity contribution < 1.29 is 5.11 Å². The Bertz CT molecular complexity index is 180. The van der Waals surface area contributed by atoms with Gasteiger partial charge in [-0.1, -0.05) is 0 Å². The molecule has 4 N–H and O–H groups in total. The molecule has 0 spiro atoms. The summed E-state index contributed by atoms with van der Waals surface area (Å²) in [6, 6.07) is 0. The topological polar surface area (TPSA) is 70.1 Å². The molecule has 0 atom stereocenters. The molecule has 0 bridgehead atoms. The zero-order valence-corrected chi connectivity index (χ0v) is 8.70. The lowest BCUT2D eigenvalue weighted by Crippen LogP contribution is -2.18. The Balaban J connectivity index is 2.09. The van der Waals surface area contributed by atoms with Crippen molar-refractivity contribution in [3.05, 3.63) is 0 Å². The van der Waals surface area contributed by atoms with Gasteiger partial charge in [0.15, 0.2) is 0 Å². The predicted molar refractivity (Wildman–Crippen MR) is 57.2 cm³/mol. The number of hydrogen-bond donors (Lipinski definition) is 3. The second-order valence-corrected chi connectivity index (χ2v) is 4.94. The molecule has 1 rings (SSSR count). The highest BCUT2D eigenvalue weighted by Crippen LogP contribution is 2.50. The molecule has 4 heteroatoms. The van der Waals surface area contributed by atoms with Gasteiger partial charge in [-0.3, -0.25) is 5.41 Å². The maximum absolute atomic E-state index is 8.59. The number of aliphatic hydroxyl groups excluding tert-OH is 1. The third kappa shape index (κ3) is 4.00. The number of rotatable bonds is 7. The monoisotopic (exact) mass is 202 g/mol. The molecule has 1 saturated carbocycles. The fraction of sp³-hybridized carbons (Fsp3) is 0.889. The summed E-state index contributed by atoms with van der Waals surface area (Å²) in [5.74, 6) is 2.45. The molecule has 0 aromatic rings. The van der Waals surface area contributed by atoms with E-state index in [1.54, 1.807) is 0 Å². The van der Waals surface area contributed by atoms with E-state index >= 15 is 0 Å². The van der Waals surface area contributed by atoms with E-state index in [2.05, 4.69) is 0 Å². The third-order valence-electron chi connectivity index (χ3n) is 2.38. The van der Waals surface area contributed by atoms with Crippen LogP contribution in [0, 0.1) is 10.8 Å². The standard InChI is InChI=1S/C9H18N2OS/c10-8(11)6-9(2-3-9)7-13-5-1-4-12/h12H,1-7H2,(H3,10,11). The number of aliphatic hydroxyl groups is 1. The molecule has 1 aliphatic rings. The van der Waals surface area contributed by atoms with E-state index in [-0.39, 0.29) is 6.61 Å². The van der Waals surface area contributed by atoms with Gasteiger partial charge in [0.25, 0.3) is 0 Å². The van der Waals surface area contributed by atoms with Gasteiger partial charge in [-0.2, -0.15) is 11.8 Å². The van der Waals surface area contributed by atoms with Crippen molar-refractivity contribution in [3.8, 4) is 0 Å². The number of hydrogen-bond acceptors (Lipinski definition) is 3. The maximum atomic E-state index is 8.59. The van der Waals surface area contributed by atoms with Crippen LogP contribution in [0.25, 0.3) is 0 Å². The van der Waals surface area contributed by atoms with Gasteiger partial charge in [-0.05, 0) is 36.2 Å². The second-order valence-electron chi connectivity index (χ2n) is 3.83. The fourth-order valence-corrected chi connectivity index (χ4v) is 2.71. The smallest absolute Gasteiger partial charge is 0.0911 e. The molecule has 3 nitrogen and oxygen atoms in total. The second kappa shape index (κ2) is 4.86. The van der Waals surface area contributed by atoms with Gasteiger partial charge in [-0.25, -0.2) is 0 Å². The SMILES string of the molecule is N=C(N)CC1(CSCCCO)CC1. The Kier molecular flexibility index (Phi) is 4.06. The number of nitrogens with two attached hydrogens (primary N) is 1. The van der Waals surface area contributed by atoms with Crippen molar-refractivity contribution in [2.45, 2.75) is 25.7 Å². The number of thioether (sulfide) groups is 1. The van der Waals surface area contributed by atoms with Crippen LogP contribution in [0.4, 0.5) is 0 Å². The summed E-state index contributed by atoms with van der Waals surface area (Å²) in [6.07, 6.45) is 4.08. The van der Waals surface area contributed by atoms with Crippen molar-refractivity contribution in [1.82, 2.24) is 0 Å². The first kappa shape index (κ1) is 10.9. The van der Waals surface area contributed by atoms with Crippen LogP contribution in [-0.2, 0) is 0 Å². The van der Waals surface area contributed by atoms with E-state index < -0.39 is 0 Å². The zero-order valence-electron chi connectivity index (χ0n) is 7.88. The lowest BCUT2D eigenvalue weighted by atomic mass is 10.1. The lowest BCUT2D eigenvalue weighted by molar-refractivity contribution is 0.296. The van der Waals surface area contributed by atoms with Crippen LogP contribution in [0.5, 0.6) is 0 Å². The van der Waals surface area contributed by atoms with E-state index in [9.17, 15) is 0 Å². The molecule has 0 aliphatic heterocycles. The minimum atomic E-state index is 0.284. The largest absolute Gasteiger partial charge is 0.396 e. The van der Waals surface area contributed by atoms with Gasteiger partial charge in [0.1, 0.15) is 0 Å². The average molecular weight is 202 g/mol. The minimum absolute atomic E-state index is 0.284. The molecule has 1 fully saturated rings. The van der Waals surface area contributed by atoms with E-state index in [4.69, 9.17) is 16.2 Å². The molecule has 0 aromatic carbocycles. The highest BCUT2D eigenvalue weighted by molar-refractivity contribution is 7.99. The molecule has 0 heterocycles. The van der Waals surface area contributed by atoms with E-state index in [1.807, 2.05) is 11.8 Å². The molecule has 13 heavy (non-hydrogen) atoms. The molecule has 0 radical (unpaired) electrons. The first-order chi connectivity index (χ1) is 6.18. The molecular formula is C9H18N2OS. The van der Waals surface area contributed by atoms with E-state index in [1.165, 1.54) is 12.8 Å². The normalized spacial score (nSPS) is 18.5. The molecule has 0 unspecified atom stereocenters. The summed E-state index contributed by atoms with van der Waals surface area (Å²) in [6.45, 7) is 0.284. The highest BCUT2D eigenvalue weighted by atomic mass is 32.2. The average Bonchev–Trinajstić information content (AvgIpc) is 2.78. The lowest BCUT2D eigenvalue weighted by Gasteiger charge is -2.12. The van der Waals surface area contributed by atoms with Crippen molar-refractivity contribution in [2.75, 3.05) is 18.1 Å². The molecular weight excluding hydrogens is 184 g/mol. The van der Waals surface area contributed by atoms with Crippen LogP contribution < -0.4 is 5.73 Å². The summed E-state index contributed by atoms with van der Waals surface area (Å²) in [5, 5.41) is 15.8. The Morgan fingerprint density at radius 2 is 2.23 bits per heavy atom. The van der Waals surface area contributed by atoms with Gasteiger partial charge < -0.3 is 10.8 Å². The van der Waals surface area contributed by atoms with Crippen LogP contribution in [0.1, 0.15) is 25.7 Å². The maximum Gasteiger partial charge on any atom is 0.0911 e. The van der Waals surface area contributed by atoms with Crippen LogP contribution in [0.15, 0.2) is 0 Å². The highest BCUT2D eigenvalue weighted by Gasteiger charge is 2.42. The van der Waals surface area contributed by atoms with Crippen LogP contribution in [0.2, 0.25) is 0 Å². The number of amidine groups is 1. The zero-order chi connectivity index (χ0) is 9.73. The fourth-order valence-electron chi connectivity index (χ4n) is 1.41. The summed E-state index contributed by atoms with van der Waals surface area (Å²) >= 11 is 1.88. The van der Waals surface area contributed by atoms with Crippen LogP contribution in [0.3, 0.4) is 0 Å². The third-order valence-corrected chi connectivity index (χ3v) is 3.77. The molecule has 0 amide bonds. The Morgan fingerprint density at radius 3 is 2.69 bits per heavy atom.